The summed E-state index contributed by atoms with van der Waals surface area (Å²) in [5.74, 6) is 0.874. The molecule has 0 atom stereocenters. The number of pyridine rings is 1. The summed E-state index contributed by atoms with van der Waals surface area (Å²) in [4.78, 5) is 32.1. The number of rotatable bonds is 5. The summed E-state index contributed by atoms with van der Waals surface area (Å²) in [5, 5.41) is 0. The molecule has 2 fully saturated rings. The molecule has 0 aliphatic carbocycles. The first-order valence-corrected chi connectivity index (χ1v) is 10.6. The first kappa shape index (κ1) is 20.7. The summed E-state index contributed by atoms with van der Waals surface area (Å²) in [6, 6.07) is 5.83. The SMILES string of the molecule is CN(C)c1ncc(CN2CCC3(CC2)CN(Cc2ccccn2)C(=O)CCO3)cn1. The summed E-state index contributed by atoms with van der Waals surface area (Å²) in [6.07, 6.45) is 7.85. The van der Waals surface area contributed by atoms with Gasteiger partial charge in [0.15, 0.2) is 0 Å². The van der Waals surface area contributed by atoms with E-state index in [1.807, 2.05) is 54.5 Å². The van der Waals surface area contributed by atoms with Gasteiger partial charge in [-0.2, -0.15) is 0 Å². The second-order valence-electron chi connectivity index (χ2n) is 8.41. The number of hydrogen-bond donors (Lipinski definition) is 0. The van der Waals surface area contributed by atoms with Gasteiger partial charge in [-0.25, -0.2) is 9.97 Å². The Hall–Kier alpha value is -2.58. The number of nitrogens with zero attached hydrogens (tertiary/aromatic N) is 6. The van der Waals surface area contributed by atoms with Gasteiger partial charge in [0, 0.05) is 57.9 Å². The van der Waals surface area contributed by atoms with Crippen LogP contribution in [0, 0.1) is 0 Å². The van der Waals surface area contributed by atoms with Crippen molar-refractivity contribution in [3.05, 3.63) is 48.0 Å². The number of ether oxygens (including phenoxy) is 1. The van der Waals surface area contributed by atoms with Gasteiger partial charge in [-0.15, -0.1) is 0 Å². The molecule has 8 heteroatoms. The molecule has 30 heavy (non-hydrogen) atoms. The Labute approximate surface area is 177 Å². The fraction of sp³-hybridized carbons (Fsp3) is 0.545. The fourth-order valence-electron chi connectivity index (χ4n) is 4.17. The van der Waals surface area contributed by atoms with E-state index in [0.717, 1.165) is 49.7 Å². The van der Waals surface area contributed by atoms with Crippen molar-refractivity contribution in [2.24, 2.45) is 0 Å². The van der Waals surface area contributed by atoms with Crippen molar-refractivity contribution in [1.82, 2.24) is 24.8 Å². The lowest BCUT2D eigenvalue weighted by atomic mass is 9.90. The Bertz CT molecular complexity index is 834. The van der Waals surface area contributed by atoms with Crippen molar-refractivity contribution < 1.29 is 9.53 Å². The van der Waals surface area contributed by atoms with E-state index in [1.165, 1.54) is 0 Å². The van der Waals surface area contributed by atoms with E-state index in [9.17, 15) is 4.79 Å². The minimum atomic E-state index is -0.261. The molecule has 8 nitrogen and oxygen atoms in total. The average Bonchev–Trinajstić information content (AvgIpc) is 2.90. The summed E-state index contributed by atoms with van der Waals surface area (Å²) >= 11 is 0. The van der Waals surface area contributed by atoms with E-state index in [2.05, 4.69) is 19.9 Å². The zero-order chi connectivity index (χ0) is 21.0. The van der Waals surface area contributed by atoms with Crippen molar-refractivity contribution in [3.63, 3.8) is 0 Å². The van der Waals surface area contributed by atoms with Gasteiger partial charge in [0.05, 0.1) is 37.4 Å². The van der Waals surface area contributed by atoms with Gasteiger partial charge in [-0.1, -0.05) is 6.07 Å². The highest BCUT2D eigenvalue weighted by molar-refractivity contribution is 5.76. The van der Waals surface area contributed by atoms with Gasteiger partial charge in [-0.05, 0) is 25.0 Å². The van der Waals surface area contributed by atoms with Gasteiger partial charge in [-0.3, -0.25) is 14.7 Å². The Morgan fingerprint density at radius 2 is 1.87 bits per heavy atom. The first-order valence-electron chi connectivity index (χ1n) is 10.6. The fourth-order valence-corrected chi connectivity index (χ4v) is 4.17. The van der Waals surface area contributed by atoms with Gasteiger partial charge in [0.25, 0.3) is 0 Å². The van der Waals surface area contributed by atoms with Crippen LogP contribution in [0.25, 0.3) is 0 Å². The van der Waals surface area contributed by atoms with Crippen molar-refractivity contribution >= 4 is 11.9 Å². The molecule has 2 aliphatic heterocycles. The highest BCUT2D eigenvalue weighted by atomic mass is 16.5. The first-order chi connectivity index (χ1) is 14.5. The minimum absolute atomic E-state index is 0.151. The quantitative estimate of drug-likeness (QED) is 0.743. The maximum atomic E-state index is 12.6. The van der Waals surface area contributed by atoms with Crippen LogP contribution in [0.1, 0.15) is 30.5 Å². The van der Waals surface area contributed by atoms with Crippen LogP contribution < -0.4 is 4.90 Å². The van der Waals surface area contributed by atoms with Crippen molar-refractivity contribution in [1.29, 1.82) is 0 Å². The summed E-state index contributed by atoms with van der Waals surface area (Å²) < 4.78 is 6.27. The lowest BCUT2D eigenvalue weighted by Crippen LogP contribution is -2.51. The van der Waals surface area contributed by atoms with Crippen LogP contribution in [0.4, 0.5) is 5.95 Å². The van der Waals surface area contributed by atoms with Crippen LogP contribution in [0.5, 0.6) is 0 Å². The van der Waals surface area contributed by atoms with E-state index in [1.54, 1.807) is 6.20 Å². The van der Waals surface area contributed by atoms with E-state index >= 15 is 0 Å². The van der Waals surface area contributed by atoms with Crippen LogP contribution >= 0.6 is 0 Å². The second kappa shape index (κ2) is 9.06. The maximum absolute atomic E-state index is 12.6. The molecule has 1 spiro atoms. The number of piperidine rings is 1. The molecule has 0 unspecified atom stereocenters. The Balaban J connectivity index is 1.36. The highest BCUT2D eigenvalue weighted by Crippen LogP contribution is 2.31. The van der Waals surface area contributed by atoms with E-state index in [0.29, 0.717) is 26.1 Å². The van der Waals surface area contributed by atoms with Gasteiger partial charge in [0.1, 0.15) is 0 Å². The van der Waals surface area contributed by atoms with Crippen molar-refractivity contribution in [2.75, 3.05) is 45.2 Å². The van der Waals surface area contributed by atoms with Gasteiger partial charge < -0.3 is 14.5 Å². The standard InChI is InChI=1S/C22H30N6O2/c1-26(2)21-24-13-18(14-25-21)15-27-10-7-22(8-11-27)17-28(20(29)6-12-30-22)16-19-5-3-4-9-23-19/h3-5,9,13-14H,6-8,10-12,15-17H2,1-2H3. The second-order valence-corrected chi connectivity index (χ2v) is 8.41. The summed E-state index contributed by atoms with van der Waals surface area (Å²) in [6.45, 7) is 4.38. The molecule has 0 N–H and O–H groups in total. The predicted molar refractivity (Wildman–Crippen MR) is 114 cm³/mol. The van der Waals surface area contributed by atoms with Gasteiger partial charge in [0.2, 0.25) is 11.9 Å². The van der Waals surface area contributed by atoms with Crippen LogP contribution in [0.2, 0.25) is 0 Å². The highest BCUT2D eigenvalue weighted by Gasteiger charge is 2.40. The maximum Gasteiger partial charge on any atom is 0.225 e. The molecule has 2 aromatic heterocycles. The molecule has 0 bridgehead atoms. The number of hydrogen-bond acceptors (Lipinski definition) is 7. The predicted octanol–water partition coefficient (Wildman–Crippen LogP) is 1.72. The molecular weight excluding hydrogens is 380 g/mol. The number of carbonyl (C=O) groups excluding carboxylic acids is 1. The number of amides is 1. The normalized spacial score (nSPS) is 19.7. The zero-order valence-corrected chi connectivity index (χ0v) is 17.8. The van der Waals surface area contributed by atoms with Crippen LogP contribution in [-0.2, 0) is 22.6 Å². The van der Waals surface area contributed by atoms with E-state index < -0.39 is 0 Å². The Morgan fingerprint density at radius 1 is 1.10 bits per heavy atom. The molecule has 4 rings (SSSR count). The van der Waals surface area contributed by atoms with Crippen molar-refractivity contribution in [3.8, 4) is 0 Å². The minimum Gasteiger partial charge on any atom is -0.373 e. The topological polar surface area (TPSA) is 74.7 Å². The lowest BCUT2D eigenvalue weighted by molar-refractivity contribution is -0.132. The summed E-state index contributed by atoms with van der Waals surface area (Å²) in [7, 11) is 3.88. The number of anilines is 1. The van der Waals surface area contributed by atoms with Crippen molar-refractivity contribution in [2.45, 2.75) is 38.0 Å². The third-order valence-corrected chi connectivity index (χ3v) is 5.90. The smallest absolute Gasteiger partial charge is 0.225 e. The Morgan fingerprint density at radius 3 is 2.53 bits per heavy atom. The largest absolute Gasteiger partial charge is 0.373 e. The molecule has 2 aliphatic rings. The molecule has 0 saturated carbocycles. The third kappa shape index (κ3) is 4.94. The molecule has 2 saturated heterocycles. The zero-order valence-electron chi connectivity index (χ0n) is 17.8. The molecule has 0 radical (unpaired) electrons. The molecule has 4 heterocycles. The molecule has 1 amide bonds. The summed E-state index contributed by atoms with van der Waals surface area (Å²) in [5.41, 5.74) is 1.77. The number of carbonyl (C=O) groups is 1. The monoisotopic (exact) mass is 410 g/mol. The third-order valence-electron chi connectivity index (χ3n) is 5.90. The number of likely N-dealkylation sites (tertiary alicyclic amines) is 1. The lowest BCUT2D eigenvalue weighted by Gasteiger charge is -2.42. The molecule has 2 aromatic rings. The molecule has 160 valence electrons. The van der Waals surface area contributed by atoms with Crippen LogP contribution in [0.15, 0.2) is 36.8 Å². The van der Waals surface area contributed by atoms with E-state index in [-0.39, 0.29) is 11.5 Å². The molecular formula is C22H30N6O2. The van der Waals surface area contributed by atoms with Gasteiger partial charge >= 0.3 is 0 Å². The Kier molecular flexibility index (Phi) is 6.24. The number of aromatic nitrogens is 3. The van der Waals surface area contributed by atoms with E-state index in [4.69, 9.17) is 4.74 Å². The van der Waals surface area contributed by atoms with Crippen LogP contribution in [0.3, 0.4) is 0 Å². The average molecular weight is 411 g/mol. The van der Waals surface area contributed by atoms with Crippen LogP contribution in [-0.4, -0.2) is 76.6 Å². The molecule has 0 aromatic carbocycles.